The Morgan fingerprint density at radius 2 is 1.71 bits per heavy atom. The molecule has 1 aliphatic rings. The number of hydrogen-bond acceptors (Lipinski definition) is 3. The van der Waals surface area contributed by atoms with Crippen LogP contribution in [-0.2, 0) is 0 Å². The number of para-hydroxylation sites is 1. The number of carbonyl (C=O) groups is 1. The number of anilines is 1. The Kier molecular flexibility index (Phi) is 5.86. The van der Waals surface area contributed by atoms with Crippen molar-refractivity contribution in [3.63, 3.8) is 0 Å². The molecule has 0 saturated carbocycles. The van der Waals surface area contributed by atoms with E-state index in [1.807, 2.05) is 48.7 Å². The largest absolute Gasteiger partial charge is 0.478 e. The monoisotopic (exact) mass is 482 g/mol. The van der Waals surface area contributed by atoms with Gasteiger partial charge in [-0.25, -0.2) is 4.79 Å². The number of nitrogens with one attached hydrogen (secondary N) is 1. The van der Waals surface area contributed by atoms with E-state index in [9.17, 15) is 9.90 Å². The van der Waals surface area contributed by atoms with Gasteiger partial charge in [0.1, 0.15) is 0 Å². The minimum Gasteiger partial charge on any atom is -0.478 e. The third kappa shape index (κ3) is 3.98. The molecule has 0 amide bonds. The summed E-state index contributed by atoms with van der Waals surface area (Å²) in [4.78, 5) is 18.7. The summed E-state index contributed by atoms with van der Waals surface area (Å²) in [6, 6.07) is 23.1. The van der Waals surface area contributed by atoms with Crippen molar-refractivity contribution in [1.29, 1.82) is 0 Å². The van der Waals surface area contributed by atoms with Crippen LogP contribution in [0.1, 0.15) is 50.7 Å². The highest BCUT2D eigenvalue weighted by molar-refractivity contribution is 7.80. The molecule has 1 aliphatic heterocycles. The molecule has 4 aromatic rings. The normalized spacial score (nSPS) is 17.5. The van der Waals surface area contributed by atoms with Crippen molar-refractivity contribution in [2.75, 3.05) is 4.90 Å². The van der Waals surface area contributed by atoms with Crippen molar-refractivity contribution in [1.82, 2.24) is 14.9 Å². The zero-order chi connectivity index (χ0) is 24.7. The van der Waals surface area contributed by atoms with Crippen molar-refractivity contribution in [2.45, 2.75) is 32.9 Å². The summed E-state index contributed by atoms with van der Waals surface area (Å²) in [5, 5.41) is 13.9. The van der Waals surface area contributed by atoms with E-state index in [1.165, 1.54) is 5.56 Å². The number of pyridine rings is 1. The van der Waals surface area contributed by atoms with Gasteiger partial charge in [-0.15, -0.1) is 0 Å². The fraction of sp³-hybridized carbons (Fsp3) is 0.179. The summed E-state index contributed by atoms with van der Waals surface area (Å²) < 4.78 is 2.02. The number of thiocarbonyl (C=S) groups is 1. The molecule has 2 aromatic carbocycles. The maximum absolute atomic E-state index is 12.0. The molecule has 6 nitrogen and oxygen atoms in total. The van der Waals surface area contributed by atoms with E-state index in [0.29, 0.717) is 10.8 Å². The van der Waals surface area contributed by atoms with Gasteiger partial charge in [0.15, 0.2) is 5.11 Å². The number of benzene rings is 2. The van der Waals surface area contributed by atoms with E-state index in [0.717, 1.165) is 28.3 Å². The average Bonchev–Trinajstić information content (AvgIpc) is 3.35. The van der Waals surface area contributed by atoms with Crippen molar-refractivity contribution in [2.24, 2.45) is 0 Å². The van der Waals surface area contributed by atoms with Crippen LogP contribution in [0.15, 0.2) is 79.0 Å². The Morgan fingerprint density at radius 1 is 1.00 bits per heavy atom. The summed E-state index contributed by atoms with van der Waals surface area (Å²) >= 11 is 5.84. The first kappa shape index (κ1) is 22.8. The summed E-state index contributed by atoms with van der Waals surface area (Å²) in [6.07, 6.45) is 1.79. The topological polar surface area (TPSA) is 70.4 Å². The van der Waals surface area contributed by atoms with E-state index in [1.54, 1.807) is 18.3 Å². The molecule has 0 spiro atoms. The molecule has 0 unspecified atom stereocenters. The third-order valence-corrected chi connectivity index (χ3v) is 6.89. The molecule has 0 aliphatic carbocycles. The van der Waals surface area contributed by atoms with Crippen molar-refractivity contribution >= 4 is 29.0 Å². The van der Waals surface area contributed by atoms with Gasteiger partial charge in [0, 0.05) is 23.3 Å². The Bertz CT molecular complexity index is 1410. The zero-order valence-electron chi connectivity index (χ0n) is 19.8. The molecular weight excluding hydrogens is 456 g/mol. The lowest BCUT2D eigenvalue weighted by atomic mass is 9.96. The molecule has 2 atom stereocenters. The summed E-state index contributed by atoms with van der Waals surface area (Å²) in [7, 11) is 0. The second kappa shape index (κ2) is 9.00. The number of hydrogen-bond donors (Lipinski definition) is 2. The number of nitrogens with zero attached hydrogens (tertiary/aromatic N) is 3. The maximum Gasteiger partial charge on any atom is 0.337 e. The van der Waals surface area contributed by atoms with Gasteiger partial charge >= 0.3 is 5.97 Å². The molecule has 1 saturated heterocycles. The fourth-order valence-corrected chi connectivity index (χ4v) is 5.31. The van der Waals surface area contributed by atoms with Gasteiger partial charge in [-0.3, -0.25) is 4.98 Å². The predicted octanol–water partition coefficient (Wildman–Crippen LogP) is 5.67. The minimum atomic E-state index is -0.953. The number of aromatic nitrogens is 2. The van der Waals surface area contributed by atoms with Crippen LogP contribution in [0.3, 0.4) is 0 Å². The van der Waals surface area contributed by atoms with Crippen LogP contribution in [0, 0.1) is 20.8 Å². The lowest BCUT2D eigenvalue weighted by Gasteiger charge is -2.28. The Balaban J connectivity index is 1.70. The van der Waals surface area contributed by atoms with Gasteiger partial charge < -0.3 is 19.9 Å². The van der Waals surface area contributed by atoms with E-state index >= 15 is 0 Å². The van der Waals surface area contributed by atoms with E-state index in [4.69, 9.17) is 12.2 Å². The summed E-state index contributed by atoms with van der Waals surface area (Å²) in [5.74, 6) is -0.953. The standard InChI is InChI=1S/C28H26N4O2S/c1-17-11-13-20(14-12-17)32-26(25(30-28(32)35)23-9-6-7-15-29-23)22-16-18(2)31(19(22)3)24-10-5-4-8-21(24)27(33)34/h4-16,25-26H,1-3H3,(H,30,35)(H,33,34)/t25-,26+/m0/s1. The highest BCUT2D eigenvalue weighted by Crippen LogP contribution is 2.43. The van der Waals surface area contributed by atoms with Gasteiger partial charge in [0.05, 0.1) is 29.0 Å². The van der Waals surface area contributed by atoms with E-state index in [-0.39, 0.29) is 17.6 Å². The second-order valence-corrected chi connectivity index (χ2v) is 9.20. The van der Waals surface area contributed by atoms with Crippen LogP contribution in [0.25, 0.3) is 5.69 Å². The van der Waals surface area contributed by atoms with Crippen LogP contribution >= 0.6 is 12.2 Å². The molecule has 0 bridgehead atoms. The first-order chi connectivity index (χ1) is 16.9. The second-order valence-electron chi connectivity index (χ2n) is 8.82. The number of carboxylic acids is 1. The third-order valence-electron chi connectivity index (χ3n) is 6.57. The fourth-order valence-electron chi connectivity index (χ4n) is 4.96. The first-order valence-electron chi connectivity index (χ1n) is 11.5. The van der Waals surface area contributed by atoms with Crippen LogP contribution in [0.2, 0.25) is 0 Å². The quantitative estimate of drug-likeness (QED) is 0.357. The molecule has 2 aromatic heterocycles. The zero-order valence-corrected chi connectivity index (χ0v) is 20.6. The summed E-state index contributed by atoms with van der Waals surface area (Å²) in [6.45, 7) is 6.10. The van der Waals surface area contributed by atoms with Gasteiger partial charge in [-0.2, -0.15) is 0 Å². The van der Waals surface area contributed by atoms with E-state index in [2.05, 4.69) is 52.5 Å². The lowest BCUT2D eigenvalue weighted by Crippen LogP contribution is -2.29. The molecule has 1 fully saturated rings. The highest BCUT2D eigenvalue weighted by Gasteiger charge is 2.42. The number of aryl methyl sites for hydroxylation is 2. The molecule has 5 rings (SSSR count). The molecule has 0 radical (unpaired) electrons. The Morgan fingerprint density at radius 3 is 2.40 bits per heavy atom. The van der Waals surface area contributed by atoms with Gasteiger partial charge in [0.2, 0.25) is 0 Å². The van der Waals surface area contributed by atoms with Crippen LogP contribution < -0.4 is 10.2 Å². The van der Waals surface area contributed by atoms with Gasteiger partial charge in [-0.1, -0.05) is 35.9 Å². The molecule has 2 N–H and O–H groups in total. The van der Waals surface area contributed by atoms with Crippen molar-refractivity contribution in [3.8, 4) is 5.69 Å². The number of aromatic carboxylic acids is 1. The number of rotatable bonds is 5. The lowest BCUT2D eigenvalue weighted by molar-refractivity contribution is 0.0697. The predicted molar refractivity (Wildman–Crippen MR) is 141 cm³/mol. The molecule has 35 heavy (non-hydrogen) atoms. The number of carboxylic acid groups (broad SMARTS) is 1. The summed E-state index contributed by atoms with van der Waals surface area (Å²) in [5.41, 5.74) is 6.94. The molecule has 176 valence electrons. The molecular formula is C28H26N4O2S. The maximum atomic E-state index is 12.0. The van der Waals surface area contributed by atoms with Crippen molar-refractivity contribution in [3.05, 3.63) is 113 Å². The molecule has 3 heterocycles. The minimum absolute atomic E-state index is 0.169. The van der Waals surface area contributed by atoms with Gasteiger partial charge in [0.25, 0.3) is 0 Å². The smallest absolute Gasteiger partial charge is 0.337 e. The highest BCUT2D eigenvalue weighted by atomic mass is 32.1. The van der Waals surface area contributed by atoms with Gasteiger partial charge in [-0.05, 0) is 81.0 Å². The van der Waals surface area contributed by atoms with E-state index < -0.39 is 5.97 Å². The van der Waals surface area contributed by atoms with Crippen molar-refractivity contribution < 1.29 is 9.90 Å². The SMILES string of the molecule is Cc1ccc(N2C(=S)N[C@@H](c3ccccn3)[C@H]2c2cc(C)n(-c3ccccc3C(=O)O)c2C)cc1. The Labute approximate surface area is 209 Å². The van der Waals surface area contributed by atoms with Crippen LogP contribution in [-0.4, -0.2) is 25.7 Å². The molecule has 7 heteroatoms. The van der Waals surface area contributed by atoms with Crippen LogP contribution in [0.5, 0.6) is 0 Å². The van der Waals surface area contributed by atoms with Crippen LogP contribution in [0.4, 0.5) is 5.69 Å². The first-order valence-corrected chi connectivity index (χ1v) is 11.9. The Hall–Kier alpha value is -3.97. The average molecular weight is 483 g/mol.